The van der Waals surface area contributed by atoms with Crippen LogP contribution in [0.5, 0.6) is 0 Å². The van der Waals surface area contributed by atoms with E-state index in [9.17, 15) is 0 Å². The fourth-order valence-electron chi connectivity index (χ4n) is 2.58. The van der Waals surface area contributed by atoms with E-state index < -0.39 is 0 Å². The van der Waals surface area contributed by atoms with Gasteiger partial charge in [0.2, 0.25) is 0 Å². The molecule has 0 bridgehead atoms. The highest BCUT2D eigenvalue weighted by molar-refractivity contribution is 4.85. The Morgan fingerprint density at radius 1 is 1.31 bits per heavy atom. The van der Waals surface area contributed by atoms with Gasteiger partial charge in [-0.05, 0) is 27.2 Å². The number of piperazine rings is 1. The minimum absolute atomic E-state index is 0.699. The lowest BCUT2D eigenvalue weighted by atomic mass is 10.0. The van der Waals surface area contributed by atoms with Gasteiger partial charge in [0.1, 0.15) is 0 Å². The summed E-state index contributed by atoms with van der Waals surface area (Å²) in [5.41, 5.74) is 0. The summed E-state index contributed by atoms with van der Waals surface area (Å²) in [5, 5.41) is 3.47. The molecule has 3 atom stereocenters. The highest BCUT2D eigenvalue weighted by Gasteiger charge is 2.27. The van der Waals surface area contributed by atoms with Crippen LogP contribution in [0, 0.1) is 0 Å². The molecule has 0 aromatic carbocycles. The van der Waals surface area contributed by atoms with Crippen LogP contribution in [0.2, 0.25) is 0 Å². The minimum atomic E-state index is 0.699. The number of hydrogen-bond acceptors (Lipinski definition) is 2. The molecule has 1 heterocycles. The lowest BCUT2D eigenvalue weighted by Gasteiger charge is -2.43. The molecule has 1 aliphatic rings. The molecule has 3 unspecified atom stereocenters. The summed E-state index contributed by atoms with van der Waals surface area (Å²) in [5.74, 6) is 0. The molecule has 2 nitrogen and oxygen atoms in total. The first-order valence-corrected chi connectivity index (χ1v) is 5.65. The normalized spacial score (nSPS) is 33.2. The molecule has 0 aliphatic carbocycles. The Hall–Kier alpha value is -0.0800. The number of hydrogen-bond donors (Lipinski definition) is 1. The van der Waals surface area contributed by atoms with Gasteiger partial charge in [-0.25, -0.2) is 0 Å². The lowest BCUT2D eigenvalue weighted by molar-refractivity contribution is 0.0701. The molecule has 0 aromatic heterocycles. The fourth-order valence-corrected chi connectivity index (χ4v) is 2.58. The SMILES string of the molecule is CCCC(C)N1C(C)CNCC1C. The number of nitrogens with one attached hydrogen (secondary N) is 1. The van der Waals surface area contributed by atoms with Gasteiger partial charge in [0.05, 0.1) is 0 Å². The maximum Gasteiger partial charge on any atom is 0.0198 e. The van der Waals surface area contributed by atoms with Gasteiger partial charge in [0.15, 0.2) is 0 Å². The van der Waals surface area contributed by atoms with Crippen molar-refractivity contribution in [3.05, 3.63) is 0 Å². The molecular weight excluding hydrogens is 160 g/mol. The molecule has 0 radical (unpaired) electrons. The van der Waals surface area contributed by atoms with Gasteiger partial charge in [-0.1, -0.05) is 13.3 Å². The van der Waals surface area contributed by atoms with Gasteiger partial charge in [-0.15, -0.1) is 0 Å². The predicted octanol–water partition coefficient (Wildman–Crippen LogP) is 1.86. The van der Waals surface area contributed by atoms with E-state index in [-0.39, 0.29) is 0 Å². The molecule has 2 heteroatoms. The second-order valence-corrected chi connectivity index (χ2v) is 4.44. The van der Waals surface area contributed by atoms with Crippen LogP contribution in [0.15, 0.2) is 0 Å². The van der Waals surface area contributed by atoms with Crippen LogP contribution in [-0.4, -0.2) is 36.1 Å². The first-order valence-electron chi connectivity index (χ1n) is 5.65. The van der Waals surface area contributed by atoms with Crippen molar-refractivity contribution in [3.8, 4) is 0 Å². The number of nitrogens with zero attached hydrogens (tertiary/aromatic N) is 1. The van der Waals surface area contributed by atoms with E-state index >= 15 is 0 Å². The second-order valence-electron chi connectivity index (χ2n) is 4.44. The van der Waals surface area contributed by atoms with E-state index in [1.165, 1.54) is 12.8 Å². The molecule has 78 valence electrons. The molecule has 0 saturated carbocycles. The maximum absolute atomic E-state index is 3.47. The average Bonchev–Trinajstić information content (AvgIpc) is 2.04. The summed E-state index contributed by atoms with van der Waals surface area (Å²) >= 11 is 0. The summed E-state index contributed by atoms with van der Waals surface area (Å²) in [6, 6.07) is 2.15. The molecule has 13 heavy (non-hydrogen) atoms. The Labute approximate surface area is 82.7 Å². The van der Waals surface area contributed by atoms with Crippen molar-refractivity contribution in [2.75, 3.05) is 13.1 Å². The first-order chi connectivity index (χ1) is 6.16. The summed E-state index contributed by atoms with van der Waals surface area (Å²) in [6.45, 7) is 11.6. The second kappa shape index (κ2) is 4.97. The lowest BCUT2D eigenvalue weighted by Crippen LogP contribution is -2.57. The van der Waals surface area contributed by atoms with Crippen LogP contribution < -0.4 is 5.32 Å². The van der Waals surface area contributed by atoms with Crippen molar-refractivity contribution < 1.29 is 0 Å². The van der Waals surface area contributed by atoms with Gasteiger partial charge in [0.25, 0.3) is 0 Å². The van der Waals surface area contributed by atoms with Crippen LogP contribution in [0.4, 0.5) is 0 Å². The highest BCUT2D eigenvalue weighted by atomic mass is 15.3. The molecule has 1 saturated heterocycles. The third-order valence-electron chi connectivity index (χ3n) is 3.11. The van der Waals surface area contributed by atoms with E-state index in [0.29, 0.717) is 12.1 Å². The Morgan fingerprint density at radius 3 is 2.31 bits per heavy atom. The Balaban J connectivity index is 2.51. The van der Waals surface area contributed by atoms with Crippen molar-refractivity contribution in [3.63, 3.8) is 0 Å². The van der Waals surface area contributed by atoms with Crippen molar-refractivity contribution >= 4 is 0 Å². The third kappa shape index (κ3) is 2.68. The predicted molar refractivity (Wildman–Crippen MR) is 58.0 cm³/mol. The summed E-state index contributed by atoms with van der Waals surface area (Å²) in [7, 11) is 0. The van der Waals surface area contributed by atoms with Crippen LogP contribution >= 0.6 is 0 Å². The zero-order valence-corrected chi connectivity index (χ0v) is 9.51. The topological polar surface area (TPSA) is 15.3 Å². The van der Waals surface area contributed by atoms with Crippen LogP contribution in [0.1, 0.15) is 40.5 Å². The Kier molecular flexibility index (Phi) is 4.20. The quantitative estimate of drug-likeness (QED) is 0.720. The molecule has 0 aromatic rings. The zero-order valence-electron chi connectivity index (χ0n) is 9.51. The maximum atomic E-state index is 3.47. The standard InChI is InChI=1S/C11H24N2/c1-5-6-9(2)13-10(3)7-12-8-11(13)4/h9-12H,5-8H2,1-4H3. The van der Waals surface area contributed by atoms with Gasteiger partial charge in [-0.3, -0.25) is 4.90 Å². The molecule has 0 amide bonds. The van der Waals surface area contributed by atoms with E-state index in [0.717, 1.165) is 19.1 Å². The molecule has 1 N–H and O–H groups in total. The summed E-state index contributed by atoms with van der Waals surface area (Å²) in [6.07, 6.45) is 2.62. The molecular formula is C11H24N2. The third-order valence-corrected chi connectivity index (χ3v) is 3.11. The first kappa shape index (κ1) is 11.0. The van der Waals surface area contributed by atoms with Crippen molar-refractivity contribution in [2.45, 2.75) is 58.7 Å². The van der Waals surface area contributed by atoms with E-state index in [1.54, 1.807) is 0 Å². The number of rotatable bonds is 3. The highest BCUT2D eigenvalue weighted by Crippen LogP contribution is 2.16. The van der Waals surface area contributed by atoms with E-state index in [4.69, 9.17) is 0 Å². The van der Waals surface area contributed by atoms with Gasteiger partial charge >= 0.3 is 0 Å². The van der Waals surface area contributed by atoms with E-state index in [2.05, 4.69) is 37.9 Å². The molecule has 0 spiro atoms. The van der Waals surface area contributed by atoms with Crippen LogP contribution in [-0.2, 0) is 0 Å². The smallest absolute Gasteiger partial charge is 0.0198 e. The molecule has 1 fully saturated rings. The summed E-state index contributed by atoms with van der Waals surface area (Å²) < 4.78 is 0. The summed E-state index contributed by atoms with van der Waals surface area (Å²) in [4.78, 5) is 2.67. The fraction of sp³-hybridized carbons (Fsp3) is 1.00. The van der Waals surface area contributed by atoms with Crippen LogP contribution in [0.25, 0.3) is 0 Å². The minimum Gasteiger partial charge on any atom is -0.314 e. The monoisotopic (exact) mass is 184 g/mol. The largest absolute Gasteiger partial charge is 0.314 e. The zero-order chi connectivity index (χ0) is 9.84. The Bertz CT molecular complexity index is 137. The van der Waals surface area contributed by atoms with Gasteiger partial charge < -0.3 is 5.32 Å². The van der Waals surface area contributed by atoms with Crippen molar-refractivity contribution in [1.82, 2.24) is 10.2 Å². The average molecular weight is 184 g/mol. The van der Waals surface area contributed by atoms with Crippen molar-refractivity contribution in [1.29, 1.82) is 0 Å². The van der Waals surface area contributed by atoms with Gasteiger partial charge in [0, 0.05) is 31.2 Å². The molecule has 1 aliphatic heterocycles. The Morgan fingerprint density at radius 2 is 1.85 bits per heavy atom. The van der Waals surface area contributed by atoms with Gasteiger partial charge in [-0.2, -0.15) is 0 Å². The van der Waals surface area contributed by atoms with E-state index in [1.807, 2.05) is 0 Å². The van der Waals surface area contributed by atoms with Crippen LogP contribution in [0.3, 0.4) is 0 Å². The molecule has 1 rings (SSSR count). The van der Waals surface area contributed by atoms with Crippen molar-refractivity contribution in [2.24, 2.45) is 0 Å².